The molecule has 0 bridgehead atoms. The largest absolute Gasteiger partial charge is 0.619 e. The van der Waals surface area contributed by atoms with Gasteiger partial charge in [0.2, 0.25) is 0 Å². The lowest BCUT2D eigenvalue weighted by Gasteiger charge is -2.20. The Morgan fingerprint density at radius 3 is 2.13 bits per heavy atom. The van der Waals surface area contributed by atoms with E-state index in [4.69, 9.17) is 0 Å². The van der Waals surface area contributed by atoms with Crippen LogP contribution in [-0.2, 0) is 6.42 Å². The Bertz CT molecular complexity index is 1400. The van der Waals surface area contributed by atoms with Gasteiger partial charge in [0, 0.05) is 29.8 Å². The van der Waals surface area contributed by atoms with E-state index in [1.165, 1.54) is 48.9 Å². The molecule has 0 saturated heterocycles. The number of hydrogen-bond donors (Lipinski definition) is 1. The maximum atomic E-state index is 13.1. The molecule has 0 aliphatic heterocycles. The van der Waals surface area contributed by atoms with Gasteiger partial charge >= 0.3 is 13.2 Å². The second kappa shape index (κ2) is 12.2. The fourth-order valence-electron chi connectivity index (χ4n) is 3.84. The number of rotatable bonds is 10. The number of benzene rings is 2. The zero-order valence-electron chi connectivity index (χ0n) is 19.9. The molecule has 202 valence electrons. The van der Waals surface area contributed by atoms with E-state index in [1.807, 2.05) is 0 Å². The summed E-state index contributed by atoms with van der Waals surface area (Å²) in [4.78, 5) is 16.7. The third-order valence-electron chi connectivity index (χ3n) is 5.65. The van der Waals surface area contributed by atoms with Crippen molar-refractivity contribution in [1.29, 1.82) is 0 Å². The topological polar surface area (TPSA) is 87.4 Å². The zero-order valence-corrected chi connectivity index (χ0v) is 19.9. The smallest absolute Gasteiger partial charge is 0.387 e. The Kier molecular flexibility index (Phi) is 8.54. The van der Waals surface area contributed by atoms with Crippen LogP contribution in [0.3, 0.4) is 0 Å². The van der Waals surface area contributed by atoms with E-state index < -0.39 is 42.4 Å². The molecule has 0 aliphatic carbocycles. The molecule has 39 heavy (non-hydrogen) atoms. The second-order valence-corrected chi connectivity index (χ2v) is 8.22. The van der Waals surface area contributed by atoms with Crippen molar-refractivity contribution in [2.75, 3.05) is 5.32 Å². The molecule has 0 aliphatic rings. The van der Waals surface area contributed by atoms with Crippen LogP contribution in [0.5, 0.6) is 11.5 Å². The lowest BCUT2D eigenvalue weighted by Crippen LogP contribution is -2.24. The molecule has 4 rings (SSSR count). The zero-order chi connectivity index (χ0) is 27.9. The number of pyridine rings is 2. The molecule has 1 unspecified atom stereocenters. The van der Waals surface area contributed by atoms with Gasteiger partial charge in [0.05, 0.1) is 0 Å². The fraction of sp³-hybridized carbons (Fsp3) is 0.148. The number of amides is 1. The first-order chi connectivity index (χ1) is 18.7. The summed E-state index contributed by atoms with van der Waals surface area (Å²) in [7, 11) is 0. The van der Waals surface area contributed by atoms with Crippen LogP contribution < -0.4 is 19.5 Å². The molecule has 1 N–H and O–H groups in total. The van der Waals surface area contributed by atoms with E-state index in [-0.39, 0.29) is 17.8 Å². The molecule has 7 nitrogen and oxygen atoms in total. The summed E-state index contributed by atoms with van der Waals surface area (Å²) >= 11 is 0. The molecule has 12 heteroatoms. The van der Waals surface area contributed by atoms with Gasteiger partial charge in [-0.2, -0.15) is 22.3 Å². The van der Waals surface area contributed by atoms with Crippen LogP contribution in [0.25, 0.3) is 0 Å². The lowest BCUT2D eigenvalue weighted by molar-refractivity contribution is -0.605. The molecule has 0 saturated carbocycles. The first-order valence-corrected chi connectivity index (χ1v) is 11.4. The molecule has 1 atom stereocenters. The van der Waals surface area contributed by atoms with E-state index in [1.54, 1.807) is 18.2 Å². The molecule has 0 radical (unpaired) electrons. The van der Waals surface area contributed by atoms with Crippen LogP contribution in [0.1, 0.15) is 33.0 Å². The van der Waals surface area contributed by atoms with Crippen LogP contribution in [0, 0.1) is 11.0 Å². The Morgan fingerprint density at radius 2 is 1.51 bits per heavy atom. The van der Waals surface area contributed by atoms with E-state index >= 15 is 0 Å². The number of carbonyl (C=O) groups is 1. The van der Waals surface area contributed by atoms with Crippen molar-refractivity contribution in [2.45, 2.75) is 25.6 Å². The van der Waals surface area contributed by atoms with Crippen LogP contribution in [-0.4, -0.2) is 24.1 Å². The molecule has 0 spiro atoms. The summed E-state index contributed by atoms with van der Waals surface area (Å²) in [5, 5.41) is 14.1. The number of ether oxygens (including phenoxy) is 2. The Balaban J connectivity index is 1.65. The van der Waals surface area contributed by atoms with E-state index in [0.29, 0.717) is 21.4 Å². The first kappa shape index (κ1) is 27.3. The van der Waals surface area contributed by atoms with E-state index in [9.17, 15) is 32.0 Å². The number of alkyl halides is 4. The molecular formula is C27H20F5N3O4. The second-order valence-electron chi connectivity index (χ2n) is 8.22. The average molecular weight is 545 g/mol. The van der Waals surface area contributed by atoms with Crippen LogP contribution in [0.2, 0.25) is 0 Å². The normalized spacial score (nSPS) is 11.9. The van der Waals surface area contributed by atoms with Gasteiger partial charge in [0.25, 0.3) is 5.91 Å². The molecule has 2 aromatic carbocycles. The van der Waals surface area contributed by atoms with Gasteiger partial charge in [0.15, 0.2) is 23.9 Å². The third kappa shape index (κ3) is 7.40. The Morgan fingerprint density at radius 1 is 0.872 bits per heavy atom. The van der Waals surface area contributed by atoms with Crippen LogP contribution >= 0.6 is 0 Å². The van der Waals surface area contributed by atoms with Gasteiger partial charge in [-0.3, -0.25) is 4.79 Å². The molecule has 1 amide bonds. The molecule has 2 heterocycles. The quantitative estimate of drug-likeness (QED) is 0.157. The number of anilines is 1. The van der Waals surface area contributed by atoms with E-state index in [0.717, 1.165) is 18.2 Å². The minimum atomic E-state index is -3.29. The van der Waals surface area contributed by atoms with Crippen molar-refractivity contribution in [1.82, 2.24) is 4.98 Å². The Hall–Kier alpha value is -4.74. The van der Waals surface area contributed by atoms with Crippen molar-refractivity contribution in [2.24, 2.45) is 0 Å². The number of nitrogens with one attached hydrogen (secondary N) is 1. The minimum absolute atomic E-state index is 0.196. The van der Waals surface area contributed by atoms with Crippen molar-refractivity contribution < 1.29 is 41.0 Å². The van der Waals surface area contributed by atoms with Crippen molar-refractivity contribution in [3.8, 4) is 11.5 Å². The summed E-state index contributed by atoms with van der Waals surface area (Å²) in [6.07, 6.45) is 4.32. The van der Waals surface area contributed by atoms with Crippen molar-refractivity contribution in [3.05, 3.63) is 119 Å². The van der Waals surface area contributed by atoms with Crippen molar-refractivity contribution in [3.63, 3.8) is 0 Å². The van der Waals surface area contributed by atoms with Gasteiger partial charge < -0.3 is 20.0 Å². The number of carbonyl (C=O) groups excluding carboxylic acids is 1. The van der Waals surface area contributed by atoms with Gasteiger partial charge in [-0.25, -0.2) is 9.37 Å². The van der Waals surface area contributed by atoms with Gasteiger partial charge in [-0.15, -0.1) is 0 Å². The molecule has 0 fully saturated rings. The van der Waals surface area contributed by atoms with Crippen molar-refractivity contribution >= 4 is 11.7 Å². The average Bonchev–Trinajstić information content (AvgIpc) is 2.90. The number of halogens is 5. The maximum Gasteiger partial charge on any atom is 0.387 e. The summed E-state index contributed by atoms with van der Waals surface area (Å²) < 4.78 is 74.1. The Labute approximate surface area is 219 Å². The number of hydrogen-bond acceptors (Lipinski definition) is 5. The molecule has 2 aromatic heterocycles. The predicted molar refractivity (Wildman–Crippen MR) is 129 cm³/mol. The van der Waals surface area contributed by atoms with Crippen LogP contribution in [0.4, 0.5) is 27.8 Å². The predicted octanol–water partition coefficient (Wildman–Crippen LogP) is 5.68. The maximum absolute atomic E-state index is 13.1. The highest BCUT2D eigenvalue weighted by atomic mass is 19.3. The molecular weight excluding hydrogens is 525 g/mol. The van der Waals surface area contributed by atoms with Gasteiger partial charge in [-0.05, 0) is 65.6 Å². The third-order valence-corrected chi connectivity index (χ3v) is 5.65. The van der Waals surface area contributed by atoms with E-state index in [2.05, 4.69) is 19.8 Å². The molecule has 4 aromatic rings. The number of nitrogens with zero attached hydrogens (tertiary/aromatic N) is 2. The minimum Gasteiger partial charge on any atom is -0.619 e. The summed E-state index contributed by atoms with van der Waals surface area (Å²) in [5.74, 6) is -2.49. The fourth-order valence-corrected chi connectivity index (χ4v) is 3.84. The summed E-state index contributed by atoms with van der Waals surface area (Å²) in [6, 6.07) is 15.0. The van der Waals surface area contributed by atoms with Crippen LogP contribution in [0.15, 0.2) is 85.3 Å². The highest BCUT2D eigenvalue weighted by Gasteiger charge is 2.21. The highest BCUT2D eigenvalue weighted by molar-refractivity contribution is 6.03. The standard InChI is InChI=1S/C27H20F5N3O4/c28-20-5-1-17(2-6-20)25(36)34-24-8-4-19(15-33-24)21(13-16-9-11-35(37)12-10-16)18-3-7-22(38-26(29)30)23(14-18)39-27(31)32/h1-12,14-15,21,26-27H,13H2,(H,33,34,36). The van der Waals surface area contributed by atoms with Gasteiger partial charge in [-0.1, -0.05) is 12.1 Å². The lowest BCUT2D eigenvalue weighted by atomic mass is 9.87. The summed E-state index contributed by atoms with van der Waals surface area (Å²) in [6.45, 7) is -6.54. The van der Waals surface area contributed by atoms with Gasteiger partial charge in [0.1, 0.15) is 11.6 Å². The first-order valence-electron chi connectivity index (χ1n) is 11.4. The number of aromatic nitrogens is 2. The monoisotopic (exact) mass is 545 g/mol. The highest BCUT2D eigenvalue weighted by Crippen LogP contribution is 2.37. The SMILES string of the molecule is O=C(Nc1ccc(C(Cc2cc[n+]([O-])cc2)c2ccc(OC(F)F)c(OC(F)F)c2)cn1)c1ccc(F)cc1. The summed E-state index contributed by atoms with van der Waals surface area (Å²) in [5.41, 5.74) is 1.93.